The minimum Gasteiger partial charge on any atom is -0.498 e. The fourth-order valence-corrected chi connectivity index (χ4v) is 12.0. The average molecular weight is 730 g/mol. The molecule has 0 fully saturated rings. The van der Waals surface area contributed by atoms with Gasteiger partial charge in [-0.3, -0.25) is 0 Å². The molecule has 0 spiro atoms. The predicted molar refractivity (Wildman–Crippen MR) is 213 cm³/mol. The van der Waals surface area contributed by atoms with Gasteiger partial charge in [-0.25, -0.2) is 0 Å². The predicted octanol–water partition coefficient (Wildman–Crippen LogP) is 11.7. The van der Waals surface area contributed by atoms with E-state index in [1.54, 1.807) is 10.4 Å². The van der Waals surface area contributed by atoms with Gasteiger partial charge in [0.15, 0.2) is 0 Å². The van der Waals surface area contributed by atoms with E-state index in [-0.39, 0.29) is 51.9 Å². The summed E-state index contributed by atoms with van der Waals surface area (Å²) in [5, 5.41) is 8.55. The van der Waals surface area contributed by atoms with Gasteiger partial charge in [-0.2, -0.15) is 12.1 Å². The first-order valence-electron chi connectivity index (χ1n) is 16.3. The zero-order valence-corrected chi connectivity index (χ0v) is 35.0. The third kappa shape index (κ3) is 6.63. The minimum atomic E-state index is -2.20. The van der Waals surface area contributed by atoms with Crippen LogP contribution in [0.25, 0.3) is 43.8 Å². The number of hydrogen-bond acceptors (Lipinski definition) is 1. The van der Waals surface area contributed by atoms with Gasteiger partial charge < -0.3 is 19.6 Å². The van der Waals surface area contributed by atoms with Crippen LogP contribution in [0, 0.1) is 28.7 Å². The van der Waals surface area contributed by atoms with Gasteiger partial charge in [-0.15, -0.1) is 61.2 Å². The van der Waals surface area contributed by atoms with Crippen molar-refractivity contribution in [2.24, 2.45) is 0 Å². The van der Waals surface area contributed by atoms with Gasteiger partial charge in [0.2, 0.25) is 0 Å². The largest absolute Gasteiger partial charge is 4.00 e. The van der Waals surface area contributed by atoms with E-state index in [1.807, 2.05) is 7.11 Å². The topological polar surface area (TPSA) is 9.23 Å². The van der Waals surface area contributed by atoms with Crippen LogP contribution in [0.4, 0.5) is 0 Å². The first-order chi connectivity index (χ1) is 21.1. The van der Waals surface area contributed by atoms with Crippen LogP contribution in [0.5, 0.6) is 5.75 Å². The van der Waals surface area contributed by atoms with E-state index in [2.05, 4.69) is 159 Å². The molecule has 0 N–H and O–H groups in total. The van der Waals surface area contributed by atoms with E-state index >= 15 is 0 Å². The molecule has 0 radical (unpaired) electrons. The van der Waals surface area contributed by atoms with Crippen molar-refractivity contribution in [2.75, 3.05) is 7.11 Å². The molecule has 0 saturated carbocycles. The molecule has 3 heteroatoms. The van der Waals surface area contributed by atoms with Crippen LogP contribution in [0.15, 0.2) is 91.0 Å². The molecule has 0 aliphatic heterocycles. The van der Waals surface area contributed by atoms with Crippen molar-refractivity contribution in [2.45, 2.75) is 79.3 Å². The van der Waals surface area contributed by atoms with Crippen molar-refractivity contribution in [3.63, 3.8) is 0 Å². The minimum absolute atomic E-state index is 0. The van der Waals surface area contributed by atoms with Crippen LogP contribution >= 0.6 is 0 Å². The Hall–Kier alpha value is -3.00. The Morgan fingerprint density at radius 2 is 1.17 bits per heavy atom. The van der Waals surface area contributed by atoms with Crippen molar-refractivity contribution in [3.8, 4) is 28.0 Å². The number of benzene rings is 4. The molecule has 0 bridgehead atoms. The molecule has 0 amide bonds. The molecule has 6 rings (SSSR count). The third-order valence-electron chi connectivity index (χ3n) is 9.86. The zero-order chi connectivity index (χ0) is 32.5. The van der Waals surface area contributed by atoms with Gasteiger partial charge in [0.05, 0.1) is 7.11 Å². The number of rotatable bonds is 5. The summed E-state index contributed by atoms with van der Waals surface area (Å²) in [6.07, 6.45) is 0. The second kappa shape index (κ2) is 14.1. The van der Waals surface area contributed by atoms with Gasteiger partial charge in [0.25, 0.3) is 0 Å². The maximum atomic E-state index is 6.24. The summed E-state index contributed by atoms with van der Waals surface area (Å²) in [5.41, 5.74) is 10.5. The first kappa shape index (κ1) is 39.4. The molecule has 6 aromatic rings. The fourth-order valence-electron chi connectivity index (χ4n) is 7.82. The molecule has 6 aromatic carbocycles. The summed E-state index contributed by atoms with van der Waals surface area (Å²) in [6, 6.07) is 34.3. The Morgan fingerprint density at radius 1 is 0.604 bits per heavy atom. The van der Waals surface area contributed by atoms with Crippen LogP contribution < -0.4 is 15.1 Å². The Kier molecular flexibility index (Phi) is 11.6. The summed E-state index contributed by atoms with van der Waals surface area (Å²) in [6.45, 7) is 23.5. The van der Waals surface area contributed by atoms with Crippen molar-refractivity contribution in [1.82, 2.24) is 0 Å². The van der Waals surface area contributed by atoms with E-state index < -0.39 is 8.07 Å². The van der Waals surface area contributed by atoms with E-state index in [0.29, 0.717) is 0 Å². The maximum Gasteiger partial charge on any atom is 4.00 e. The molecule has 0 aliphatic carbocycles. The summed E-state index contributed by atoms with van der Waals surface area (Å²) >= 11 is 0. The van der Waals surface area contributed by atoms with Crippen LogP contribution in [-0.2, 0) is 37.0 Å². The average Bonchev–Trinajstić information content (AvgIpc) is 3.51. The van der Waals surface area contributed by atoms with Gasteiger partial charge in [0, 0.05) is 8.07 Å². The molecule has 48 heavy (non-hydrogen) atoms. The van der Waals surface area contributed by atoms with E-state index in [9.17, 15) is 0 Å². The van der Waals surface area contributed by atoms with Gasteiger partial charge in [-0.1, -0.05) is 135 Å². The van der Waals surface area contributed by atoms with E-state index in [0.717, 1.165) is 5.75 Å². The van der Waals surface area contributed by atoms with E-state index in [1.165, 1.54) is 66.1 Å². The van der Waals surface area contributed by atoms with Gasteiger partial charge in [0.1, 0.15) is 5.75 Å². The second-order valence-electron chi connectivity index (χ2n) is 15.5. The molecule has 0 heterocycles. The Balaban J connectivity index is 0.00000208. The molecule has 0 aromatic heterocycles. The molecule has 248 valence electrons. The zero-order valence-electron chi connectivity index (χ0n) is 31.6. The van der Waals surface area contributed by atoms with Crippen molar-refractivity contribution in [1.29, 1.82) is 0 Å². The molecular weight excluding hydrogens is 676 g/mol. The number of aryl methyl sites for hydroxylation is 2. The summed E-state index contributed by atoms with van der Waals surface area (Å²) in [4.78, 5) is 0. The Morgan fingerprint density at radius 3 is 1.71 bits per heavy atom. The number of ether oxygens (including phenoxy) is 1. The standard InChI is InChI=1S/C43H48OSi.2CH3.Zr/c1-27-24-34-32(29-20-22-31(23-21-29)42(3,4)5)18-15-19-33(34)40(27)45(10,11)41-28(2)25-35-36(41)26-37(43(6,7)8)39(44-9)38(35)30-16-13-12-14-17-30;;;/h12-26H,1-11H3;2*1H3;/q-2;2*-1;+4. The SMILES string of the molecule is COc1c(C(C)(C)C)cc2c(cc(C)[c-]2[Si](C)(C)[c-]2c(C)cc3c(-c4ccc(C(C)(C)C)cc4)cccc32)c1-c1ccccc1.[CH3-].[CH3-].[Zr+4]. The van der Waals surface area contributed by atoms with Crippen LogP contribution in [0.2, 0.25) is 13.1 Å². The normalized spacial score (nSPS) is 12.0. The Labute approximate surface area is 311 Å². The fraction of sp³-hybridized carbons (Fsp3) is 0.289. The van der Waals surface area contributed by atoms with Crippen molar-refractivity contribution in [3.05, 3.63) is 128 Å². The Bertz CT molecular complexity index is 2020. The second-order valence-corrected chi connectivity index (χ2v) is 19.8. The van der Waals surface area contributed by atoms with Crippen molar-refractivity contribution >= 4 is 40.0 Å². The maximum absolute atomic E-state index is 6.24. The van der Waals surface area contributed by atoms with Crippen LogP contribution in [0.3, 0.4) is 0 Å². The smallest absolute Gasteiger partial charge is 0.498 e. The quantitative estimate of drug-likeness (QED) is 0.127. The monoisotopic (exact) mass is 728 g/mol. The van der Waals surface area contributed by atoms with E-state index in [4.69, 9.17) is 4.74 Å². The molecule has 0 aliphatic rings. The molecular formula is C45H54OSiZr. The summed E-state index contributed by atoms with van der Waals surface area (Å²) in [7, 11) is -0.376. The molecule has 0 unspecified atom stereocenters. The first-order valence-corrected chi connectivity index (χ1v) is 19.3. The number of fused-ring (bicyclic) bond motifs is 2. The third-order valence-corrected chi connectivity index (χ3v) is 13.7. The molecule has 1 nitrogen and oxygen atoms in total. The van der Waals surface area contributed by atoms with Gasteiger partial charge >= 0.3 is 26.2 Å². The van der Waals surface area contributed by atoms with Crippen molar-refractivity contribution < 1.29 is 30.9 Å². The molecule has 0 atom stereocenters. The van der Waals surface area contributed by atoms with Crippen LogP contribution in [0.1, 0.15) is 63.8 Å². The number of methoxy groups -OCH3 is 1. The molecule has 0 saturated heterocycles. The summed E-state index contributed by atoms with van der Waals surface area (Å²) < 4.78 is 6.24. The number of hydrogen-bond donors (Lipinski definition) is 0. The van der Waals surface area contributed by atoms with Crippen LogP contribution in [-0.4, -0.2) is 15.2 Å². The summed E-state index contributed by atoms with van der Waals surface area (Å²) in [5.74, 6) is 0.995. The van der Waals surface area contributed by atoms with Gasteiger partial charge in [-0.05, 0) is 38.6 Å².